The summed E-state index contributed by atoms with van der Waals surface area (Å²) in [7, 11) is 2.26. The maximum absolute atomic E-state index is 3.49. The minimum absolute atomic E-state index is 0.725. The van der Waals surface area contributed by atoms with Crippen LogP contribution in [0.25, 0.3) is 0 Å². The van der Waals surface area contributed by atoms with Gasteiger partial charge in [-0.05, 0) is 26.4 Å². The lowest BCUT2D eigenvalue weighted by atomic mass is 10.1. The normalized spacial score (nSPS) is 25.9. The molecule has 16 heavy (non-hydrogen) atoms. The Morgan fingerprint density at radius 2 is 2.00 bits per heavy atom. The van der Waals surface area contributed by atoms with Crippen LogP contribution in [0.2, 0.25) is 0 Å². The van der Waals surface area contributed by atoms with E-state index in [9.17, 15) is 0 Å². The lowest BCUT2D eigenvalue weighted by molar-refractivity contribution is 0.0608. The summed E-state index contributed by atoms with van der Waals surface area (Å²) in [6, 6.07) is 1.48. The van der Waals surface area contributed by atoms with E-state index in [0.29, 0.717) is 0 Å². The summed E-state index contributed by atoms with van der Waals surface area (Å²) in [6.45, 7) is 12.7. The SMILES string of the molecule is CCNCC(CC)N1CCN(C)C(CC)C1. The van der Waals surface area contributed by atoms with Crippen molar-refractivity contribution in [1.82, 2.24) is 15.1 Å². The van der Waals surface area contributed by atoms with Crippen LogP contribution in [0.4, 0.5) is 0 Å². The monoisotopic (exact) mass is 227 g/mol. The lowest BCUT2D eigenvalue weighted by Crippen LogP contribution is -2.56. The highest BCUT2D eigenvalue weighted by molar-refractivity contribution is 4.83. The summed E-state index contributed by atoms with van der Waals surface area (Å²) in [5.41, 5.74) is 0. The number of hydrogen-bond acceptors (Lipinski definition) is 3. The number of piperazine rings is 1. The molecule has 1 aliphatic rings. The predicted octanol–water partition coefficient (Wildman–Crippen LogP) is 1.40. The summed E-state index contributed by atoms with van der Waals surface area (Å²) >= 11 is 0. The highest BCUT2D eigenvalue weighted by Crippen LogP contribution is 2.14. The van der Waals surface area contributed by atoms with Gasteiger partial charge in [0.15, 0.2) is 0 Å². The molecule has 2 unspecified atom stereocenters. The fourth-order valence-electron chi connectivity index (χ4n) is 2.59. The Bertz CT molecular complexity index is 184. The first-order chi connectivity index (χ1) is 7.72. The topological polar surface area (TPSA) is 18.5 Å². The fourth-order valence-corrected chi connectivity index (χ4v) is 2.59. The molecule has 1 aliphatic heterocycles. The number of nitrogens with zero attached hydrogens (tertiary/aromatic N) is 2. The Morgan fingerprint density at radius 1 is 1.25 bits per heavy atom. The van der Waals surface area contributed by atoms with Gasteiger partial charge in [0.25, 0.3) is 0 Å². The first kappa shape index (κ1) is 13.9. The van der Waals surface area contributed by atoms with Gasteiger partial charge in [-0.3, -0.25) is 4.90 Å². The van der Waals surface area contributed by atoms with Gasteiger partial charge < -0.3 is 10.2 Å². The van der Waals surface area contributed by atoms with E-state index in [1.807, 2.05) is 0 Å². The van der Waals surface area contributed by atoms with Crippen LogP contribution in [0.5, 0.6) is 0 Å². The Hall–Kier alpha value is -0.120. The predicted molar refractivity (Wildman–Crippen MR) is 70.9 cm³/mol. The molecule has 1 fully saturated rings. The third-order valence-corrected chi connectivity index (χ3v) is 3.90. The van der Waals surface area contributed by atoms with Crippen molar-refractivity contribution in [3.05, 3.63) is 0 Å². The molecule has 1 rings (SSSR count). The quantitative estimate of drug-likeness (QED) is 0.740. The van der Waals surface area contributed by atoms with E-state index in [-0.39, 0.29) is 0 Å². The van der Waals surface area contributed by atoms with Crippen molar-refractivity contribution in [3.63, 3.8) is 0 Å². The maximum Gasteiger partial charge on any atom is 0.0219 e. The van der Waals surface area contributed by atoms with Crippen molar-refractivity contribution in [3.8, 4) is 0 Å². The molecule has 3 heteroatoms. The molecule has 0 saturated carbocycles. The van der Waals surface area contributed by atoms with Gasteiger partial charge in [0.05, 0.1) is 0 Å². The van der Waals surface area contributed by atoms with Gasteiger partial charge in [-0.2, -0.15) is 0 Å². The van der Waals surface area contributed by atoms with E-state index in [0.717, 1.165) is 25.2 Å². The molecular weight excluding hydrogens is 198 g/mol. The van der Waals surface area contributed by atoms with E-state index in [4.69, 9.17) is 0 Å². The molecule has 0 spiro atoms. The maximum atomic E-state index is 3.49. The summed E-state index contributed by atoms with van der Waals surface area (Å²) in [5, 5.41) is 3.49. The standard InChI is InChI=1S/C13H29N3/c1-5-12(10-14-7-3)16-9-8-15(4)13(6-2)11-16/h12-14H,5-11H2,1-4H3. The zero-order valence-electron chi connectivity index (χ0n) is 11.5. The second-order valence-electron chi connectivity index (χ2n) is 4.91. The van der Waals surface area contributed by atoms with E-state index < -0.39 is 0 Å². The van der Waals surface area contributed by atoms with Crippen molar-refractivity contribution in [2.45, 2.75) is 45.7 Å². The first-order valence-electron chi connectivity index (χ1n) is 6.87. The van der Waals surface area contributed by atoms with Gasteiger partial charge >= 0.3 is 0 Å². The minimum atomic E-state index is 0.725. The van der Waals surface area contributed by atoms with E-state index >= 15 is 0 Å². The molecule has 0 aromatic heterocycles. The largest absolute Gasteiger partial charge is 0.315 e. The van der Waals surface area contributed by atoms with Crippen molar-refractivity contribution in [2.75, 3.05) is 39.8 Å². The molecule has 96 valence electrons. The molecule has 0 aromatic carbocycles. The molecule has 0 radical (unpaired) electrons. The van der Waals surface area contributed by atoms with Gasteiger partial charge in [0.2, 0.25) is 0 Å². The molecule has 0 amide bonds. The number of rotatable bonds is 6. The Kier molecular flexibility index (Phi) is 6.32. The number of nitrogens with one attached hydrogen (secondary N) is 1. The molecule has 0 bridgehead atoms. The highest BCUT2D eigenvalue weighted by Gasteiger charge is 2.26. The smallest absolute Gasteiger partial charge is 0.0219 e. The van der Waals surface area contributed by atoms with E-state index in [1.54, 1.807) is 0 Å². The van der Waals surface area contributed by atoms with Crippen LogP contribution >= 0.6 is 0 Å². The lowest BCUT2D eigenvalue weighted by Gasteiger charge is -2.42. The fraction of sp³-hybridized carbons (Fsp3) is 1.00. The third kappa shape index (κ3) is 3.72. The Labute approximate surface area is 101 Å². The van der Waals surface area contributed by atoms with E-state index in [2.05, 4.69) is 42.9 Å². The van der Waals surface area contributed by atoms with Crippen LogP contribution in [0.3, 0.4) is 0 Å². The molecule has 0 aliphatic carbocycles. The zero-order chi connectivity index (χ0) is 12.0. The van der Waals surface area contributed by atoms with Gasteiger partial charge in [-0.25, -0.2) is 0 Å². The second-order valence-corrected chi connectivity index (χ2v) is 4.91. The number of hydrogen-bond donors (Lipinski definition) is 1. The number of likely N-dealkylation sites (N-methyl/N-ethyl adjacent to an activating group) is 2. The van der Waals surface area contributed by atoms with Crippen LogP contribution in [0.1, 0.15) is 33.6 Å². The van der Waals surface area contributed by atoms with Crippen molar-refractivity contribution in [1.29, 1.82) is 0 Å². The third-order valence-electron chi connectivity index (χ3n) is 3.90. The molecule has 1 heterocycles. The molecule has 1 saturated heterocycles. The summed E-state index contributed by atoms with van der Waals surface area (Å²) in [4.78, 5) is 5.19. The molecule has 2 atom stereocenters. The van der Waals surface area contributed by atoms with Crippen LogP contribution in [0.15, 0.2) is 0 Å². The summed E-state index contributed by atoms with van der Waals surface area (Å²) in [6.07, 6.45) is 2.53. The molecular formula is C13H29N3. The van der Waals surface area contributed by atoms with Crippen LogP contribution in [0, 0.1) is 0 Å². The van der Waals surface area contributed by atoms with Crippen molar-refractivity contribution in [2.24, 2.45) is 0 Å². The van der Waals surface area contributed by atoms with Crippen molar-refractivity contribution < 1.29 is 0 Å². The Balaban J connectivity index is 2.45. The van der Waals surface area contributed by atoms with Crippen LogP contribution in [-0.2, 0) is 0 Å². The zero-order valence-corrected chi connectivity index (χ0v) is 11.5. The molecule has 0 aromatic rings. The van der Waals surface area contributed by atoms with Gasteiger partial charge in [0, 0.05) is 38.3 Å². The van der Waals surface area contributed by atoms with Gasteiger partial charge in [0.1, 0.15) is 0 Å². The van der Waals surface area contributed by atoms with Crippen molar-refractivity contribution >= 4 is 0 Å². The average molecular weight is 227 g/mol. The average Bonchev–Trinajstić information content (AvgIpc) is 2.32. The van der Waals surface area contributed by atoms with Gasteiger partial charge in [-0.1, -0.05) is 20.8 Å². The Morgan fingerprint density at radius 3 is 2.56 bits per heavy atom. The summed E-state index contributed by atoms with van der Waals surface area (Å²) in [5.74, 6) is 0. The first-order valence-corrected chi connectivity index (χ1v) is 6.87. The summed E-state index contributed by atoms with van der Waals surface area (Å²) < 4.78 is 0. The molecule has 1 N–H and O–H groups in total. The van der Waals surface area contributed by atoms with Crippen LogP contribution in [-0.4, -0.2) is 61.7 Å². The highest BCUT2D eigenvalue weighted by atomic mass is 15.3. The minimum Gasteiger partial charge on any atom is -0.315 e. The second kappa shape index (κ2) is 7.25. The van der Waals surface area contributed by atoms with Gasteiger partial charge in [-0.15, -0.1) is 0 Å². The van der Waals surface area contributed by atoms with Crippen LogP contribution < -0.4 is 5.32 Å². The molecule has 3 nitrogen and oxygen atoms in total. The van der Waals surface area contributed by atoms with E-state index in [1.165, 1.54) is 32.5 Å².